The number of hydrogen-bond acceptors (Lipinski definition) is 3. The standard InChI is InChI=1S/C28H23FN2O3/c1-2-34-24-15-12-18-8-6-7-11-21(18)26(24)28(33)31-17-25(32)30-23-14-13-20(29)16-22(23)27(31)19-9-4-3-5-10-19/h3-16,27H,2,17H2,1H3,(H,30,32). The Balaban J connectivity index is 1.74. The molecule has 6 heteroatoms. The number of nitrogens with one attached hydrogen (secondary N) is 1. The summed E-state index contributed by atoms with van der Waals surface area (Å²) >= 11 is 0. The van der Waals surface area contributed by atoms with E-state index in [2.05, 4.69) is 5.32 Å². The molecule has 0 radical (unpaired) electrons. The van der Waals surface area contributed by atoms with Crippen molar-refractivity contribution in [2.45, 2.75) is 13.0 Å². The van der Waals surface area contributed by atoms with Crippen molar-refractivity contribution in [1.82, 2.24) is 4.90 Å². The van der Waals surface area contributed by atoms with Gasteiger partial charge in [0.15, 0.2) is 0 Å². The van der Waals surface area contributed by atoms with Gasteiger partial charge in [0.2, 0.25) is 5.91 Å². The first-order valence-electron chi connectivity index (χ1n) is 11.2. The van der Waals surface area contributed by atoms with E-state index in [4.69, 9.17) is 4.74 Å². The van der Waals surface area contributed by atoms with Crippen LogP contribution >= 0.6 is 0 Å². The number of rotatable bonds is 4. The van der Waals surface area contributed by atoms with Crippen molar-refractivity contribution in [2.24, 2.45) is 0 Å². The lowest BCUT2D eigenvalue weighted by Crippen LogP contribution is -2.39. The van der Waals surface area contributed by atoms with Crippen LogP contribution in [0.1, 0.15) is 34.5 Å². The first-order chi connectivity index (χ1) is 16.6. The van der Waals surface area contributed by atoms with E-state index in [0.717, 1.165) is 16.3 Å². The normalized spacial score (nSPS) is 15.4. The lowest BCUT2D eigenvalue weighted by molar-refractivity contribution is -0.117. The fourth-order valence-corrected chi connectivity index (χ4v) is 4.55. The summed E-state index contributed by atoms with van der Waals surface area (Å²) in [5.74, 6) is -0.704. The number of hydrogen-bond donors (Lipinski definition) is 1. The molecule has 1 aliphatic heterocycles. The van der Waals surface area contributed by atoms with Gasteiger partial charge in [-0.15, -0.1) is 0 Å². The van der Waals surface area contributed by atoms with Crippen molar-refractivity contribution < 1.29 is 18.7 Å². The molecule has 0 bridgehead atoms. The molecule has 1 heterocycles. The molecule has 0 fully saturated rings. The molecule has 0 aliphatic carbocycles. The molecule has 170 valence electrons. The predicted octanol–water partition coefficient (Wildman–Crippen LogP) is 5.56. The Bertz CT molecular complexity index is 1390. The molecule has 5 rings (SSSR count). The summed E-state index contributed by atoms with van der Waals surface area (Å²) in [4.78, 5) is 28.7. The van der Waals surface area contributed by atoms with E-state index in [9.17, 15) is 14.0 Å². The fraction of sp³-hybridized carbons (Fsp3) is 0.143. The van der Waals surface area contributed by atoms with E-state index in [1.807, 2.05) is 67.6 Å². The first kappa shape index (κ1) is 21.6. The van der Waals surface area contributed by atoms with Crippen LogP contribution in [0.2, 0.25) is 0 Å². The van der Waals surface area contributed by atoms with Gasteiger partial charge in [-0.05, 0) is 47.5 Å². The number of nitrogens with zero attached hydrogens (tertiary/aromatic N) is 1. The molecule has 2 amide bonds. The summed E-state index contributed by atoms with van der Waals surface area (Å²) in [6, 6.07) is 24.2. The van der Waals surface area contributed by atoms with Crippen LogP contribution in [0.15, 0.2) is 84.9 Å². The average molecular weight is 455 g/mol. The van der Waals surface area contributed by atoms with E-state index < -0.39 is 11.9 Å². The Labute approximate surface area is 196 Å². The zero-order valence-corrected chi connectivity index (χ0v) is 18.6. The second kappa shape index (κ2) is 8.98. The number of halogens is 1. The summed E-state index contributed by atoms with van der Waals surface area (Å²) in [6.45, 7) is 2.05. The Morgan fingerprint density at radius 3 is 2.59 bits per heavy atom. The quantitative estimate of drug-likeness (QED) is 0.439. The molecule has 0 spiro atoms. The molecule has 1 unspecified atom stereocenters. The third-order valence-electron chi connectivity index (χ3n) is 5.99. The lowest BCUT2D eigenvalue weighted by Gasteiger charge is -2.31. The molecule has 4 aromatic carbocycles. The Hall–Kier alpha value is -4.19. The third kappa shape index (κ3) is 3.88. The molecule has 1 atom stereocenters. The lowest BCUT2D eigenvalue weighted by atomic mass is 9.94. The summed E-state index contributed by atoms with van der Waals surface area (Å²) in [7, 11) is 0. The molecule has 0 aromatic heterocycles. The second-order valence-corrected chi connectivity index (χ2v) is 8.12. The maximum atomic E-state index is 14.4. The van der Waals surface area contributed by atoms with Gasteiger partial charge >= 0.3 is 0 Å². The van der Waals surface area contributed by atoms with E-state index in [1.165, 1.54) is 23.1 Å². The molecular weight excluding hydrogens is 431 g/mol. The monoisotopic (exact) mass is 454 g/mol. The molecule has 0 saturated heterocycles. The Morgan fingerprint density at radius 1 is 1.03 bits per heavy atom. The highest BCUT2D eigenvalue weighted by Gasteiger charge is 2.35. The highest BCUT2D eigenvalue weighted by atomic mass is 19.1. The van der Waals surface area contributed by atoms with Crippen molar-refractivity contribution in [1.29, 1.82) is 0 Å². The highest BCUT2D eigenvalue weighted by Crippen LogP contribution is 2.39. The number of fused-ring (bicyclic) bond motifs is 2. The van der Waals surface area contributed by atoms with Crippen molar-refractivity contribution in [3.05, 3.63) is 107 Å². The molecule has 4 aromatic rings. The van der Waals surface area contributed by atoms with E-state index in [-0.39, 0.29) is 18.4 Å². The fourth-order valence-electron chi connectivity index (χ4n) is 4.55. The largest absolute Gasteiger partial charge is 0.493 e. The first-order valence-corrected chi connectivity index (χ1v) is 11.2. The van der Waals surface area contributed by atoms with Crippen molar-refractivity contribution in [3.63, 3.8) is 0 Å². The topological polar surface area (TPSA) is 58.6 Å². The van der Waals surface area contributed by atoms with Crippen LogP contribution in [0.4, 0.5) is 10.1 Å². The molecule has 34 heavy (non-hydrogen) atoms. The smallest absolute Gasteiger partial charge is 0.259 e. The highest BCUT2D eigenvalue weighted by molar-refractivity contribution is 6.11. The van der Waals surface area contributed by atoms with E-state index in [0.29, 0.717) is 29.2 Å². The van der Waals surface area contributed by atoms with Crippen LogP contribution in [-0.4, -0.2) is 29.9 Å². The SMILES string of the molecule is CCOc1ccc2ccccc2c1C(=O)N1CC(=O)Nc2ccc(F)cc2C1c1ccccc1. The van der Waals surface area contributed by atoms with Crippen LogP contribution in [0.5, 0.6) is 5.75 Å². The van der Waals surface area contributed by atoms with Gasteiger partial charge in [-0.2, -0.15) is 0 Å². The number of carbonyl (C=O) groups is 2. The predicted molar refractivity (Wildman–Crippen MR) is 129 cm³/mol. The van der Waals surface area contributed by atoms with Crippen molar-refractivity contribution in [3.8, 4) is 5.75 Å². The Morgan fingerprint density at radius 2 is 1.79 bits per heavy atom. The minimum Gasteiger partial charge on any atom is -0.493 e. The summed E-state index contributed by atoms with van der Waals surface area (Å²) in [5.41, 5.74) is 2.16. The number of carbonyl (C=O) groups excluding carboxylic acids is 2. The number of anilines is 1. The van der Waals surface area contributed by atoms with Gasteiger partial charge in [-0.1, -0.05) is 60.7 Å². The number of amides is 2. The van der Waals surface area contributed by atoms with Crippen molar-refractivity contribution in [2.75, 3.05) is 18.5 Å². The average Bonchev–Trinajstić information content (AvgIpc) is 2.99. The van der Waals surface area contributed by atoms with Gasteiger partial charge in [0, 0.05) is 11.3 Å². The van der Waals surface area contributed by atoms with Crippen LogP contribution < -0.4 is 10.1 Å². The zero-order chi connectivity index (χ0) is 23.7. The number of ether oxygens (including phenoxy) is 1. The Kier molecular flexibility index (Phi) is 5.72. The van der Waals surface area contributed by atoms with Gasteiger partial charge < -0.3 is 15.0 Å². The molecule has 5 nitrogen and oxygen atoms in total. The molecule has 0 saturated carbocycles. The summed E-state index contributed by atoms with van der Waals surface area (Å²) in [5, 5.41) is 4.45. The molecule has 1 N–H and O–H groups in total. The minimum atomic E-state index is -0.674. The van der Waals surface area contributed by atoms with E-state index in [1.54, 1.807) is 6.07 Å². The zero-order valence-electron chi connectivity index (χ0n) is 18.6. The number of benzene rings is 4. The molecular formula is C28H23FN2O3. The maximum absolute atomic E-state index is 14.4. The minimum absolute atomic E-state index is 0.191. The van der Waals surface area contributed by atoms with Crippen LogP contribution in [0, 0.1) is 5.82 Å². The van der Waals surface area contributed by atoms with Gasteiger partial charge in [-0.25, -0.2) is 4.39 Å². The van der Waals surface area contributed by atoms with Crippen LogP contribution in [0.25, 0.3) is 10.8 Å². The summed E-state index contributed by atoms with van der Waals surface area (Å²) < 4.78 is 20.2. The van der Waals surface area contributed by atoms with Crippen LogP contribution in [0.3, 0.4) is 0 Å². The van der Waals surface area contributed by atoms with Gasteiger partial charge in [0.05, 0.1) is 18.2 Å². The van der Waals surface area contributed by atoms with Gasteiger partial charge in [-0.3, -0.25) is 9.59 Å². The van der Waals surface area contributed by atoms with Crippen molar-refractivity contribution >= 4 is 28.3 Å². The van der Waals surface area contributed by atoms with Gasteiger partial charge in [0.1, 0.15) is 18.1 Å². The van der Waals surface area contributed by atoms with Gasteiger partial charge in [0.25, 0.3) is 5.91 Å². The third-order valence-corrected chi connectivity index (χ3v) is 5.99. The maximum Gasteiger partial charge on any atom is 0.259 e. The van der Waals surface area contributed by atoms with E-state index >= 15 is 0 Å². The summed E-state index contributed by atoms with van der Waals surface area (Å²) in [6.07, 6.45) is 0. The second-order valence-electron chi connectivity index (χ2n) is 8.12. The van der Waals surface area contributed by atoms with Crippen LogP contribution in [-0.2, 0) is 4.79 Å². The molecule has 1 aliphatic rings.